The maximum atomic E-state index is 12.0. The van der Waals surface area contributed by atoms with Crippen molar-refractivity contribution < 1.29 is 4.79 Å². The smallest absolute Gasteiger partial charge is 0.241 e. The van der Waals surface area contributed by atoms with Crippen LogP contribution in [-0.2, 0) is 4.79 Å². The molecule has 0 unspecified atom stereocenters. The quantitative estimate of drug-likeness (QED) is 0.581. The van der Waals surface area contributed by atoms with Gasteiger partial charge in [0, 0.05) is 13.1 Å². The molecule has 0 bridgehead atoms. The highest BCUT2D eigenvalue weighted by Gasteiger charge is 2.22. The zero-order valence-corrected chi connectivity index (χ0v) is 13.6. The molecule has 1 aliphatic rings. The number of likely N-dealkylation sites (N-methyl/N-ethyl adjacent to an activating group) is 1. The zero-order chi connectivity index (χ0) is 14.8. The minimum absolute atomic E-state index is 0.126. The van der Waals surface area contributed by atoms with E-state index in [9.17, 15) is 4.79 Å². The van der Waals surface area contributed by atoms with Gasteiger partial charge in [-0.2, -0.15) is 0 Å². The number of anilines is 1. The lowest BCUT2D eigenvalue weighted by atomic mass is 10.2. The standard InChI is InChI=1S/C15H21N3OSi/c1-17-8-9-18(15(19)12-17)14-6-5-13(16-11-14)7-10-20(2,3)4/h5-6,11H,8-9,12H2,1-4H3. The Morgan fingerprint density at radius 1 is 1.25 bits per heavy atom. The molecule has 5 heteroatoms. The summed E-state index contributed by atoms with van der Waals surface area (Å²) in [4.78, 5) is 20.2. The molecule has 2 rings (SSSR count). The fraction of sp³-hybridized carbons (Fsp3) is 0.467. The number of hydrogen-bond donors (Lipinski definition) is 0. The molecule has 1 fully saturated rings. The highest BCUT2D eigenvalue weighted by molar-refractivity contribution is 6.83. The largest absolute Gasteiger partial charge is 0.308 e. The zero-order valence-electron chi connectivity index (χ0n) is 12.6. The lowest BCUT2D eigenvalue weighted by Crippen LogP contribution is -2.48. The van der Waals surface area contributed by atoms with Crippen molar-refractivity contribution in [1.82, 2.24) is 9.88 Å². The maximum absolute atomic E-state index is 12.0. The van der Waals surface area contributed by atoms with Crippen LogP contribution in [0.5, 0.6) is 0 Å². The lowest BCUT2D eigenvalue weighted by Gasteiger charge is -2.31. The molecule has 106 valence electrons. The molecule has 2 heterocycles. The topological polar surface area (TPSA) is 36.4 Å². The van der Waals surface area contributed by atoms with Crippen LogP contribution < -0.4 is 4.90 Å². The average Bonchev–Trinajstić information content (AvgIpc) is 2.36. The summed E-state index contributed by atoms with van der Waals surface area (Å²) in [5.41, 5.74) is 4.93. The SMILES string of the molecule is CN1CCN(c2ccc(C#C[Si](C)(C)C)nc2)C(=O)C1. The second-order valence-corrected chi connectivity index (χ2v) is 10.9. The van der Waals surface area contributed by atoms with Crippen LogP contribution in [0.15, 0.2) is 18.3 Å². The molecule has 20 heavy (non-hydrogen) atoms. The van der Waals surface area contributed by atoms with E-state index >= 15 is 0 Å². The molecule has 0 spiro atoms. The van der Waals surface area contributed by atoms with Gasteiger partial charge in [-0.3, -0.25) is 9.69 Å². The number of carbonyl (C=O) groups excluding carboxylic acids is 1. The third-order valence-corrected chi connectivity index (χ3v) is 3.91. The molecule has 0 aliphatic carbocycles. The van der Waals surface area contributed by atoms with Crippen molar-refractivity contribution in [3.63, 3.8) is 0 Å². The summed E-state index contributed by atoms with van der Waals surface area (Å²) in [7, 11) is 0.585. The minimum atomic E-state index is -1.38. The third-order valence-electron chi connectivity index (χ3n) is 3.04. The van der Waals surface area contributed by atoms with Gasteiger partial charge < -0.3 is 4.90 Å². The lowest BCUT2D eigenvalue weighted by molar-refractivity contribution is -0.120. The number of aromatic nitrogens is 1. The first-order valence-electron chi connectivity index (χ1n) is 6.83. The van der Waals surface area contributed by atoms with Crippen LogP contribution in [0, 0.1) is 11.5 Å². The molecule has 1 aliphatic heterocycles. The summed E-state index contributed by atoms with van der Waals surface area (Å²) in [5, 5.41) is 0. The Balaban J connectivity index is 2.12. The second-order valence-electron chi connectivity index (χ2n) is 6.18. The fourth-order valence-electron chi connectivity index (χ4n) is 1.94. The first kappa shape index (κ1) is 14.8. The molecule has 0 radical (unpaired) electrons. The first-order chi connectivity index (χ1) is 9.35. The van der Waals surface area contributed by atoms with Gasteiger partial charge in [-0.15, -0.1) is 5.54 Å². The second kappa shape index (κ2) is 5.78. The van der Waals surface area contributed by atoms with Crippen molar-refractivity contribution in [2.24, 2.45) is 0 Å². The molecule has 1 amide bonds. The van der Waals surface area contributed by atoms with Crippen LogP contribution in [0.25, 0.3) is 0 Å². The van der Waals surface area contributed by atoms with E-state index in [2.05, 4.69) is 36.1 Å². The molecular formula is C15H21N3OSi. The molecule has 0 saturated carbocycles. The van der Waals surface area contributed by atoms with Crippen molar-refractivity contribution in [3.05, 3.63) is 24.0 Å². The number of nitrogens with zero attached hydrogens (tertiary/aromatic N) is 3. The molecule has 4 nitrogen and oxygen atoms in total. The predicted octanol–water partition coefficient (Wildman–Crippen LogP) is 1.59. The Bertz CT molecular complexity index is 551. The molecule has 1 aromatic heterocycles. The maximum Gasteiger partial charge on any atom is 0.241 e. The number of piperazine rings is 1. The average molecular weight is 287 g/mol. The van der Waals surface area contributed by atoms with E-state index in [0.29, 0.717) is 6.54 Å². The van der Waals surface area contributed by atoms with Crippen LogP contribution >= 0.6 is 0 Å². The van der Waals surface area contributed by atoms with Crippen molar-refractivity contribution in [2.45, 2.75) is 19.6 Å². The van der Waals surface area contributed by atoms with E-state index < -0.39 is 8.07 Å². The Hall–Kier alpha value is -1.64. The highest BCUT2D eigenvalue weighted by Crippen LogP contribution is 2.15. The molecule has 1 saturated heterocycles. The van der Waals surface area contributed by atoms with Gasteiger partial charge in [0.15, 0.2) is 0 Å². The highest BCUT2D eigenvalue weighted by atomic mass is 28.3. The molecule has 0 atom stereocenters. The van der Waals surface area contributed by atoms with Crippen molar-refractivity contribution in [1.29, 1.82) is 0 Å². The molecular weight excluding hydrogens is 266 g/mol. The fourth-order valence-corrected chi connectivity index (χ4v) is 2.44. The van der Waals surface area contributed by atoms with E-state index in [4.69, 9.17) is 0 Å². The van der Waals surface area contributed by atoms with E-state index in [0.717, 1.165) is 24.5 Å². The van der Waals surface area contributed by atoms with E-state index in [-0.39, 0.29) is 5.91 Å². The Labute approximate surface area is 121 Å². The van der Waals surface area contributed by atoms with Gasteiger partial charge in [-0.1, -0.05) is 25.6 Å². The number of pyridine rings is 1. The molecule has 0 aromatic carbocycles. The van der Waals surface area contributed by atoms with Gasteiger partial charge in [0.1, 0.15) is 13.8 Å². The van der Waals surface area contributed by atoms with Crippen LogP contribution in [0.3, 0.4) is 0 Å². The first-order valence-corrected chi connectivity index (χ1v) is 10.3. The summed E-state index contributed by atoms with van der Waals surface area (Å²) in [5.74, 6) is 3.25. The van der Waals surface area contributed by atoms with E-state index in [1.165, 1.54) is 0 Å². The van der Waals surface area contributed by atoms with Crippen LogP contribution in [0.4, 0.5) is 5.69 Å². The number of amides is 1. The Kier molecular flexibility index (Phi) is 4.26. The Morgan fingerprint density at radius 2 is 2.00 bits per heavy atom. The summed E-state index contributed by atoms with van der Waals surface area (Å²) in [6.07, 6.45) is 1.75. The van der Waals surface area contributed by atoms with Crippen molar-refractivity contribution in [2.75, 3.05) is 31.6 Å². The number of carbonyl (C=O) groups is 1. The van der Waals surface area contributed by atoms with E-state index in [1.54, 1.807) is 11.1 Å². The van der Waals surface area contributed by atoms with Gasteiger partial charge in [-0.25, -0.2) is 4.98 Å². The van der Waals surface area contributed by atoms with Crippen LogP contribution in [0.2, 0.25) is 19.6 Å². The summed E-state index contributed by atoms with van der Waals surface area (Å²) in [6, 6.07) is 3.83. The summed E-state index contributed by atoms with van der Waals surface area (Å²) >= 11 is 0. The summed E-state index contributed by atoms with van der Waals surface area (Å²) in [6.45, 7) is 8.70. The van der Waals surface area contributed by atoms with Crippen LogP contribution in [-0.4, -0.2) is 50.5 Å². The predicted molar refractivity (Wildman–Crippen MR) is 84.3 cm³/mol. The third kappa shape index (κ3) is 3.92. The van der Waals surface area contributed by atoms with Gasteiger partial charge in [0.2, 0.25) is 5.91 Å². The number of hydrogen-bond acceptors (Lipinski definition) is 3. The van der Waals surface area contributed by atoms with Crippen molar-refractivity contribution in [3.8, 4) is 11.5 Å². The van der Waals surface area contributed by atoms with Gasteiger partial charge in [-0.05, 0) is 19.2 Å². The van der Waals surface area contributed by atoms with Gasteiger partial charge in [0.25, 0.3) is 0 Å². The van der Waals surface area contributed by atoms with Gasteiger partial charge in [0.05, 0.1) is 18.4 Å². The minimum Gasteiger partial charge on any atom is -0.308 e. The summed E-state index contributed by atoms with van der Waals surface area (Å²) < 4.78 is 0. The normalized spacial score (nSPS) is 16.8. The molecule has 1 aromatic rings. The van der Waals surface area contributed by atoms with E-state index in [1.807, 2.05) is 24.1 Å². The van der Waals surface area contributed by atoms with Crippen molar-refractivity contribution >= 4 is 19.7 Å². The number of rotatable bonds is 1. The monoisotopic (exact) mass is 287 g/mol. The molecule has 0 N–H and O–H groups in total. The van der Waals surface area contributed by atoms with Crippen LogP contribution in [0.1, 0.15) is 5.69 Å². The van der Waals surface area contributed by atoms with Gasteiger partial charge >= 0.3 is 0 Å². The Morgan fingerprint density at radius 3 is 2.55 bits per heavy atom.